The minimum absolute atomic E-state index is 0. The lowest BCUT2D eigenvalue weighted by molar-refractivity contribution is -0.130. The number of carbonyl (C=O) groups is 1. The zero-order valence-electron chi connectivity index (χ0n) is 8.86. The second-order valence-electron chi connectivity index (χ2n) is 4.18. The van der Waals surface area contributed by atoms with Gasteiger partial charge in [-0.2, -0.15) is 5.26 Å². The van der Waals surface area contributed by atoms with Gasteiger partial charge in [0.05, 0.1) is 19.2 Å². The van der Waals surface area contributed by atoms with Crippen LogP contribution in [0.3, 0.4) is 0 Å². The van der Waals surface area contributed by atoms with Gasteiger partial charge in [0.15, 0.2) is 0 Å². The van der Waals surface area contributed by atoms with Crippen molar-refractivity contribution >= 4 is 18.3 Å². The number of rotatable bonds is 3. The summed E-state index contributed by atoms with van der Waals surface area (Å²) in [5.74, 6) is -0.159. The molecule has 0 bridgehead atoms. The molecule has 2 atom stereocenters. The molecule has 1 aliphatic carbocycles. The van der Waals surface area contributed by atoms with Crippen molar-refractivity contribution in [1.82, 2.24) is 10.2 Å². The third-order valence-corrected chi connectivity index (χ3v) is 2.84. The molecule has 0 aromatic heterocycles. The highest BCUT2D eigenvalue weighted by Gasteiger charge is 2.35. The van der Waals surface area contributed by atoms with Crippen molar-refractivity contribution in [2.45, 2.75) is 37.5 Å². The first-order chi connectivity index (χ1) is 7.20. The van der Waals surface area contributed by atoms with E-state index in [0.29, 0.717) is 6.04 Å². The van der Waals surface area contributed by atoms with Crippen LogP contribution in [0.25, 0.3) is 0 Å². The van der Waals surface area contributed by atoms with Crippen molar-refractivity contribution < 1.29 is 9.18 Å². The number of nitriles is 1. The fourth-order valence-corrected chi connectivity index (χ4v) is 1.80. The lowest BCUT2D eigenvalue weighted by atomic mass is 10.2. The van der Waals surface area contributed by atoms with Crippen molar-refractivity contribution in [3.8, 4) is 6.07 Å². The molecule has 1 aliphatic heterocycles. The van der Waals surface area contributed by atoms with Crippen LogP contribution in [-0.4, -0.2) is 42.2 Å². The molecular formula is C10H15ClFN3O. The number of hydrogen-bond acceptors (Lipinski definition) is 3. The molecule has 90 valence electrons. The molecule has 1 N–H and O–H groups in total. The van der Waals surface area contributed by atoms with E-state index in [1.54, 1.807) is 0 Å². The second-order valence-corrected chi connectivity index (χ2v) is 4.18. The number of alkyl halides is 1. The number of nitrogens with one attached hydrogen (secondary N) is 1. The van der Waals surface area contributed by atoms with Gasteiger partial charge in [0.25, 0.3) is 0 Å². The van der Waals surface area contributed by atoms with E-state index in [0.717, 1.165) is 12.8 Å². The van der Waals surface area contributed by atoms with Crippen LogP contribution in [0.5, 0.6) is 0 Å². The Morgan fingerprint density at radius 3 is 2.81 bits per heavy atom. The summed E-state index contributed by atoms with van der Waals surface area (Å²) in [5.41, 5.74) is 0. The number of nitrogens with zero attached hydrogens (tertiary/aromatic N) is 2. The molecule has 2 fully saturated rings. The molecule has 0 spiro atoms. The largest absolute Gasteiger partial charge is 0.323 e. The maximum Gasteiger partial charge on any atom is 0.237 e. The molecule has 0 radical (unpaired) electrons. The summed E-state index contributed by atoms with van der Waals surface area (Å²) in [6, 6.07) is 1.85. The molecular weight excluding hydrogens is 233 g/mol. The first kappa shape index (κ1) is 13.2. The molecule has 4 nitrogen and oxygen atoms in total. The van der Waals surface area contributed by atoms with Gasteiger partial charge in [-0.1, -0.05) is 0 Å². The standard InChI is InChI=1S/C10H14FN3O.ClH/c11-7-3-9(4-12)14(6-7)10(15)5-13-8-1-2-8;/h7-9,13H,1-3,5-6H2;1H/t7-,9-;/m0./s1. The summed E-state index contributed by atoms with van der Waals surface area (Å²) in [4.78, 5) is 13.0. The van der Waals surface area contributed by atoms with E-state index in [2.05, 4.69) is 5.32 Å². The molecule has 2 aliphatic rings. The fourth-order valence-electron chi connectivity index (χ4n) is 1.80. The Morgan fingerprint density at radius 2 is 2.25 bits per heavy atom. The number of amides is 1. The molecule has 0 unspecified atom stereocenters. The van der Waals surface area contributed by atoms with Crippen LogP contribution in [0.4, 0.5) is 4.39 Å². The Kier molecular flexibility index (Phi) is 4.51. The fraction of sp³-hybridized carbons (Fsp3) is 0.800. The van der Waals surface area contributed by atoms with E-state index >= 15 is 0 Å². The van der Waals surface area contributed by atoms with Gasteiger partial charge in [0.1, 0.15) is 12.2 Å². The smallest absolute Gasteiger partial charge is 0.237 e. The molecule has 1 saturated heterocycles. The van der Waals surface area contributed by atoms with Gasteiger partial charge in [-0.05, 0) is 12.8 Å². The molecule has 0 aromatic rings. The molecule has 0 aromatic carbocycles. The quantitative estimate of drug-likeness (QED) is 0.796. The van der Waals surface area contributed by atoms with E-state index in [-0.39, 0.29) is 37.8 Å². The summed E-state index contributed by atoms with van der Waals surface area (Å²) in [6.45, 7) is 0.305. The Bertz CT molecular complexity index is 303. The molecule has 1 saturated carbocycles. The van der Waals surface area contributed by atoms with Gasteiger partial charge < -0.3 is 10.2 Å². The Labute approximate surface area is 100 Å². The average Bonchev–Trinajstić information content (AvgIpc) is 2.97. The van der Waals surface area contributed by atoms with Crippen molar-refractivity contribution in [3.63, 3.8) is 0 Å². The first-order valence-electron chi connectivity index (χ1n) is 5.27. The highest BCUT2D eigenvalue weighted by Crippen LogP contribution is 2.21. The van der Waals surface area contributed by atoms with Crippen LogP contribution < -0.4 is 5.32 Å². The van der Waals surface area contributed by atoms with Gasteiger partial charge in [-0.15, -0.1) is 12.4 Å². The van der Waals surface area contributed by atoms with E-state index in [1.807, 2.05) is 6.07 Å². The van der Waals surface area contributed by atoms with Crippen LogP contribution in [0.15, 0.2) is 0 Å². The summed E-state index contributed by atoms with van der Waals surface area (Å²) in [5, 5.41) is 11.8. The summed E-state index contributed by atoms with van der Waals surface area (Å²) >= 11 is 0. The molecule has 1 amide bonds. The number of carbonyl (C=O) groups excluding carboxylic acids is 1. The van der Waals surface area contributed by atoms with Gasteiger partial charge in [0, 0.05) is 12.5 Å². The number of halogens is 2. The third-order valence-electron chi connectivity index (χ3n) is 2.84. The summed E-state index contributed by atoms with van der Waals surface area (Å²) < 4.78 is 13.0. The zero-order chi connectivity index (χ0) is 10.8. The monoisotopic (exact) mass is 247 g/mol. The normalized spacial score (nSPS) is 28.4. The van der Waals surface area contributed by atoms with Crippen LogP contribution in [0.2, 0.25) is 0 Å². The molecule has 2 rings (SSSR count). The van der Waals surface area contributed by atoms with Crippen molar-refractivity contribution in [2.24, 2.45) is 0 Å². The third kappa shape index (κ3) is 3.06. The second kappa shape index (κ2) is 5.46. The Hall–Kier alpha value is -0.860. The van der Waals surface area contributed by atoms with Crippen LogP contribution in [0, 0.1) is 11.3 Å². The average molecular weight is 248 g/mol. The van der Waals surface area contributed by atoms with Crippen molar-refractivity contribution in [2.75, 3.05) is 13.1 Å². The maximum atomic E-state index is 13.0. The van der Waals surface area contributed by atoms with Crippen LogP contribution >= 0.6 is 12.4 Å². The molecule has 1 heterocycles. The predicted molar refractivity (Wildman–Crippen MR) is 58.9 cm³/mol. The van der Waals surface area contributed by atoms with Crippen LogP contribution in [0.1, 0.15) is 19.3 Å². The van der Waals surface area contributed by atoms with E-state index in [4.69, 9.17) is 5.26 Å². The first-order valence-corrected chi connectivity index (χ1v) is 5.27. The lowest BCUT2D eigenvalue weighted by Crippen LogP contribution is -2.41. The van der Waals surface area contributed by atoms with Crippen molar-refractivity contribution in [3.05, 3.63) is 0 Å². The van der Waals surface area contributed by atoms with Gasteiger partial charge in [-0.3, -0.25) is 4.79 Å². The van der Waals surface area contributed by atoms with Crippen LogP contribution in [-0.2, 0) is 4.79 Å². The van der Waals surface area contributed by atoms with Crippen molar-refractivity contribution in [1.29, 1.82) is 5.26 Å². The topological polar surface area (TPSA) is 56.1 Å². The van der Waals surface area contributed by atoms with Gasteiger partial charge >= 0.3 is 0 Å². The number of likely N-dealkylation sites (tertiary alicyclic amines) is 1. The Morgan fingerprint density at radius 1 is 1.56 bits per heavy atom. The highest BCUT2D eigenvalue weighted by molar-refractivity contribution is 5.85. The van der Waals surface area contributed by atoms with E-state index < -0.39 is 12.2 Å². The van der Waals surface area contributed by atoms with E-state index in [9.17, 15) is 9.18 Å². The molecule has 16 heavy (non-hydrogen) atoms. The van der Waals surface area contributed by atoms with Gasteiger partial charge in [-0.25, -0.2) is 4.39 Å². The lowest BCUT2D eigenvalue weighted by Gasteiger charge is -2.19. The Balaban J connectivity index is 0.00000128. The van der Waals surface area contributed by atoms with Gasteiger partial charge in [0.2, 0.25) is 5.91 Å². The minimum atomic E-state index is -1.04. The zero-order valence-corrected chi connectivity index (χ0v) is 9.67. The number of hydrogen-bond donors (Lipinski definition) is 1. The maximum absolute atomic E-state index is 13.0. The summed E-state index contributed by atoms with van der Waals surface area (Å²) in [7, 11) is 0. The SMILES string of the molecule is Cl.N#C[C@@H]1C[C@H](F)CN1C(=O)CNC1CC1. The predicted octanol–water partition coefficient (Wildman–Crippen LogP) is 0.623. The molecule has 6 heteroatoms. The highest BCUT2D eigenvalue weighted by atomic mass is 35.5. The minimum Gasteiger partial charge on any atom is -0.323 e. The summed E-state index contributed by atoms with van der Waals surface area (Å²) in [6.07, 6.45) is 1.34. The van der Waals surface area contributed by atoms with E-state index in [1.165, 1.54) is 4.90 Å².